The Labute approximate surface area is 106 Å². The molecule has 1 N–H and O–H groups in total. The predicted molar refractivity (Wildman–Crippen MR) is 75.7 cm³/mol. The van der Waals surface area contributed by atoms with Crippen LogP contribution in [0.3, 0.4) is 0 Å². The van der Waals surface area contributed by atoms with Gasteiger partial charge in [-0.15, -0.1) is 6.58 Å². The maximum Gasteiger partial charge on any atom is 0.0708 e. The van der Waals surface area contributed by atoms with E-state index in [0.29, 0.717) is 12.1 Å². The first kappa shape index (κ1) is 13.9. The molecule has 2 heteroatoms. The summed E-state index contributed by atoms with van der Waals surface area (Å²) in [5, 5.41) is 3.28. The molecule has 0 saturated heterocycles. The lowest BCUT2D eigenvalue weighted by Crippen LogP contribution is -2.50. The van der Waals surface area contributed by atoms with Gasteiger partial charge in [0, 0.05) is 5.54 Å². The lowest BCUT2D eigenvalue weighted by molar-refractivity contribution is 0.121. The molecule has 0 amide bonds. The summed E-state index contributed by atoms with van der Waals surface area (Å²) < 4.78 is 0. The molecule has 0 aromatic carbocycles. The second kappa shape index (κ2) is 5.95. The van der Waals surface area contributed by atoms with Crippen LogP contribution in [0.2, 0.25) is 0 Å². The molecule has 17 heavy (non-hydrogen) atoms. The van der Waals surface area contributed by atoms with Crippen molar-refractivity contribution < 1.29 is 0 Å². The molecule has 0 saturated carbocycles. The van der Waals surface area contributed by atoms with E-state index in [1.165, 1.54) is 12.8 Å². The summed E-state index contributed by atoms with van der Waals surface area (Å²) in [5.41, 5.74) is 0.224. The molecule has 0 fully saturated rings. The molecular formula is C15H26N2. The molecular weight excluding hydrogens is 208 g/mol. The molecule has 1 aliphatic rings. The molecule has 96 valence electrons. The van der Waals surface area contributed by atoms with Gasteiger partial charge in [0.1, 0.15) is 0 Å². The summed E-state index contributed by atoms with van der Waals surface area (Å²) >= 11 is 0. The van der Waals surface area contributed by atoms with Gasteiger partial charge in [-0.25, -0.2) is 0 Å². The minimum absolute atomic E-state index is 0.224. The van der Waals surface area contributed by atoms with Crippen LogP contribution in [-0.2, 0) is 0 Å². The summed E-state index contributed by atoms with van der Waals surface area (Å²) in [5.74, 6) is 0. The van der Waals surface area contributed by atoms with E-state index < -0.39 is 0 Å². The van der Waals surface area contributed by atoms with Gasteiger partial charge < -0.3 is 10.2 Å². The molecule has 0 radical (unpaired) electrons. The normalized spacial score (nSPS) is 26.6. The van der Waals surface area contributed by atoms with Crippen molar-refractivity contribution in [1.29, 1.82) is 0 Å². The summed E-state index contributed by atoms with van der Waals surface area (Å²) in [7, 11) is 0. The van der Waals surface area contributed by atoms with Crippen LogP contribution >= 0.6 is 0 Å². The first-order chi connectivity index (χ1) is 8.12. The van der Waals surface area contributed by atoms with E-state index in [4.69, 9.17) is 0 Å². The molecule has 0 aromatic heterocycles. The highest BCUT2D eigenvalue weighted by atomic mass is 15.2. The van der Waals surface area contributed by atoms with Gasteiger partial charge in [0.25, 0.3) is 0 Å². The van der Waals surface area contributed by atoms with E-state index in [1.54, 1.807) is 6.20 Å². The molecule has 0 aromatic rings. The van der Waals surface area contributed by atoms with Crippen molar-refractivity contribution in [2.75, 3.05) is 0 Å². The van der Waals surface area contributed by atoms with Crippen LogP contribution in [-0.4, -0.2) is 22.5 Å². The SMILES string of the molecule is C=CNC1C=CN(C(C)(CC)CCC)C1C=C. The number of hydrogen-bond donors (Lipinski definition) is 1. The van der Waals surface area contributed by atoms with Crippen molar-refractivity contribution in [3.8, 4) is 0 Å². The van der Waals surface area contributed by atoms with Gasteiger partial charge in [-0.05, 0) is 38.2 Å². The van der Waals surface area contributed by atoms with Crippen molar-refractivity contribution in [3.63, 3.8) is 0 Å². The molecule has 0 aliphatic carbocycles. The average molecular weight is 234 g/mol. The number of rotatable bonds is 7. The third kappa shape index (κ3) is 2.74. The lowest BCUT2D eigenvalue weighted by atomic mass is 9.89. The largest absolute Gasteiger partial charge is 0.383 e. The van der Waals surface area contributed by atoms with Crippen LogP contribution in [0.25, 0.3) is 0 Å². The zero-order chi connectivity index (χ0) is 12.9. The Hall–Kier alpha value is -1.18. The highest BCUT2D eigenvalue weighted by Crippen LogP contribution is 2.32. The van der Waals surface area contributed by atoms with Gasteiger partial charge in [0.05, 0.1) is 12.1 Å². The maximum absolute atomic E-state index is 3.98. The van der Waals surface area contributed by atoms with Crippen molar-refractivity contribution in [2.45, 2.75) is 57.7 Å². The number of nitrogens with one attached hydrogen (secondary N) is 1. The van der Waals surface area contributed by atoms with Crippen LogP contribution in [0, 0.1) is 0 Å². The van der Waals surface area contributed by atoms with Gasteiger partial charge >= 0.3 is 0 Å². The first-order valence-corrected chi connectivity index (χ1v) is 6.59. The second-order valence-corrected chi connectivity index (χ2v) is 4.97. The molecule has 1 heterocycles. The smallest absolute Gasteiger partial charge is 0.0708 e. The molecule has 1 aliphatic heterocycles. The molecule has 3 unspecified atom stereocenters. The zero-order valence-corrected chi connectivity index (χ0v) is 11.4. The average Bonchev–Trinajstić information content (AvgIpc) is 2.73. The molecule has 3 atom stereocenters. The summed E-state index contributed by atoms with van der Waals surface area (Å²) in [6.07, 6.45) is 11.8. The third-order valence-corrected chi connectivity index (χ3v) is 3.87. The Morgan fingerprint density at radius 2 is 2.12 bits per heavy atom. The minimum Gasteiger partial charge on any atom is -0.383 e. The fraction of sp³-hybridized carbons (Fsp3) is 0.600. The fourth-order valence-corrected chi connectivity index (χ4v) is 2.69. The van der Waals surface area contributed by atoms with Crippen molar-refractivity contribution >= 4 is 0 Å². The Morgan fingerprint density at radius 3 is 2.59 bits per heavy atom. The first-order valence-electron chi connectivity index (χ1n) is 6.59. The quantitative estimate of drug-likeness (QED) is 0.679. The summed E-state index contributed by atoms with van der Waals surface area (Å²) in [6, 6.07) is 0.622. The van der Waals surface area contributed by atoms with Crippen LogP contribution < -0.4 is 5.32 Å². The van der Waals surface area contributed by atoms with Crippen LogP contribution in [0.1, 0.15) is 40.0 Å². The highest BCUT2D eigenvalue weighted by molar-refractivity contribution is 5.18. The molecule has 1 rings (SSSR count). The van der Waals surface area contributed by atoms with E-state index in [2.05, 4.69) is 56.4 Å². The van der Waals surface area contributed by atoms with Gasteiger partial charge in [-0.2, -0.15) is 0 Å². The summed E-state index contributed by atoms with van der Waals surface area (Å²) in [4.78, 5) is 2.45. The number of nitrogens with zero attached hydrogens (tertiary/aromatic N) is 1. The minimum atomic E-state index is 0.224. The van der Waals surface area contributed by atoms with Gasteiger partial charge in [0.15, 0.2) is 0 Å². The second-order valence-electron chi connectivity index (χ2n) is 4.97. The fourth-order valence-electron chi connectivity index (χ4n) is 2.69. The van der Waals surface area contributed by atoms with Crippen LogP contribution in [0.4, 0.5) is 0 Å². The van der Waals surface area contributed by atoms with E-state index in [9.17, 15) is 0 Å². The standard InChI is InChI=1S/C15H26N2/c1-6-11-15(5,8-3)17-12-10-13(16-9-4)14(17)7-2/h7,9-10,12-14,16H,2,4,6,8,11H2,1,3,5H3. The Morgan fingerprint density at radius 1 is 1.41 bits per heavy atom. The lowest BCUT2D eigenvalue weighted by Gasteiger charge is -2.43. The van der Waals surface area contributed by atoms with Gasteiger partial charge in [0.2, 0.25) is 0 Å². The van der Waals surface area contributed by atoms with Crippen LogP contribution in [0.15, 0.2) is 37.7 Å². The Balaban J connectivity index is 2.87. The van der Waals surface area contributed by atoms with Gasteiger partial charge in [-0.1, -0.05) is 32.9 Å². The molecule has 0 bridgehead atoms. The predicted octanol–water partition coefficient (Wildman–Crippen LogP) is 3.44. The van der Waals surface area contributed by atoms with Crippen LogP contribution in [0.5, 0.6) is 0 Å². The van der Waals surface area contributed by atoms with E-state index in [0.717, 1.165) is 6.42 Å². The number of hydrogen-bond acceptors (Lipinski definition) is 2. The van der Waals surface area contributed by atoms with Crippen molar-refractivity contribution in [1.82, 2.24) is 10.2 Å². The van der Waals surface area contributed by atoms with E-state index in [-0.39, 0.29) is 5.54 Å². The van der Waals surface area contributed by atoms with Crippen molar-refractivity contribution in [3.05, 3.63) is 37.7 Å². The molecule has 2 nitrogen and oxygen atoms in total. The zero-order valence-electron chi connectivity index (χ0n) is 11.4. The van der Waals surface area contributed by atoms with E-state index >= 15 is 0 Å². The monoisotopic (exact) mass is 234 g/mol. The van der Waals surface area contributed by atoms with Gasteiger partial charge in [-0.3, -0.25) is 0 Å². The maximum atomic E-state index is 3.98. The Bertz CT molecular complexity index is 295. The third-order valence-electron chi connectivity index (χ3n) is 3.87. The Kier molecular flexibility index (Phi) is 4.86. The van der Waals surface area contributed by atoms with Crippen molar-refractivity contribution in [2.24, 2.45) is 0 Å². The summed E-state index contributed by atoms with van der Waals surface area (Å²) in [6.45, 7) is 14.6. The van der Waals surface area contributed by atoms with E-state index in [1.807, 2.05) is 6.08 Å². The molecule has 0 spiro atoms. The highest BCUT2D eigenvalue weighted by Gasteiger charge is 2.36. The topological polar surface area (TPSA) is 15.3 Å².